The number of nitrogens with zero attached hydrogens (tertiary/aromatic N) is 2. The van der Waals surface area contributed by atoms with Crippen molar-refractivity contribution in [3.05, 3.63) is 42.3 Å². The lowest BCUT2D eigenvalue weighted by molar-refractivity contribution is -0.144. The minimum atomic E-state index is -0.749. The van der Waals surface area contributed by atoms with Gasteiger partial charge in [0.1, 0.15) is 12.3 Å². The normalized spacial score (nSPS) is 19.5. The Balaban J connectivity index is 1.73. The summed E-state index contributed by atoms with van der Waals surface area (Å²) < 4.78 is 5.50. The first-order valence-corrected chi connectivity index (χ1v) is 7.21. The van der Waals surface area contributed by atoms with Gasteiger partial charge in [-0.2, -0.15) is 0 Å². The number of benzene rings is 1. The molecule has 2 heterocycles. The molecule has 0 amide bonds. The fourth-order valence-corrected chi connectivity index (χ4v) is 2.76. The topological polar surface area (TPSA) is 66.6 Å². The molecule has 1 aliphatic rings. The Labute approximate surface area is 123 Å². The number of carboxylic acids is 1. The van der Waals surface area contributed by atoms with E-state index in [4.69, 9.17) is 4.42 Å². The number of aliphatic carboxylic acids is 1. The van der Waals surface area contributed by atoms with E-state index in [1.54, 1.807) is 6.26 Å². The molecule has 1 unspecified atom stereocenters. The van der Waals surface area contributed by atoms with Crippen molar-refractivity contribution in [2.45, 2.75) is 31.8 Å². The highest BCUT2D eigenvalue weighted by Gasteiger charge is 2.28. The molecule has 5 nitrogen and oxygen atoms in total. The molecular weight excluding hydrogens is 268 g/mol. The molecule has 21 heavy (non-hydrogen) atoms. The van der Waals surface area contributed by atoms with Crippen LogP contribution in [-0.4, -0.2) is 33.5 Å². The molecule has 2 aromatic rings. The van der Waals surface area contributed by atoms with Gasteiger partial charge in [0.2, 0.25) is 5.89 Å². The van der Waals surface area contributed by atoms with Gasteiger partial charge in [-0.1, -0.05) is 24.6 Å². The summed E-state index contributed by atoms with van der Waals surface area (Å²) in [5.74, 6) is -0.170. The number of hydrogen-bond donors (Lipinski definition) is 1. The van der Waals surface area contributed by atoms with E-state index in [0.717, 1.165) is 30.6 Å². The zero-order valence-corrected chi connectivity index (χ0v) is 11.7. The van der Waals surface area contributed by atoms with Crippen molar-refractivity contribution in [2.75, 3.05) is 6.54 Å². The number of carbonyl (C=O) groups is 1. The number of oxazole rings is 1. The highest BCUT2D eigenvalue weighted by molar-refractivity contribution is 5.73. The van der Waals surface area contributed by atoms with Crippen LogP contribution in [0.5, 0.6) is 0 Å². The van der Waals surface area contributed by atoms with Crippen LogP contribution in [0.4, 0.5) is 0 Å². The molecule has 0 saturated carbocycles. The summed E-state index contributed by atoms with van der Waals surface area (Å²) in [5.41, 5.74) is 1.71. The molecule has 1 saturated heterocycles. The molecule has 0 radical (unpaired) electrons. The molecule has 0 bridgehead atoms. The summed E-state index contributed by atoms with van der Waals surface area (Å²) in [6, 6.07) is 9.29. The van der Waals surface area contributed by atoms with Crippen molar-refractivity contribution in [3.63, 3.8) is 0 Å². The minimum Gasteiger partial charge on any atom is -0.480 e. The lowest BCUT2D eigenvalue weighted by atomic mass is 10.0. The van der Waals surface area contributed by atoms with E-state index in [2.05, 4.69) is 4.98 Å². The van der Waals surface area contributed by atoms with Crippen LogP contribution >= 0.6 is 0 Å². The summed E-state index contributed by atoms with van der Waals surface area (Å²) in [6.45, 7) is 1.32. The molecule has 1 atom stereocenters. The first kappa shape index (κ1) is 13.8. The minimum absolute atomic E-state index is 0.407. The molecule has 5 heteroatoms. The number of aromatic nitrogens is 1. The third kappa shape index (κ3) is 3.13. The van der Waals surface area contributed by atoms with Gasteiger partial charge in [-0.05, 0) is 31.5 Å². The second kappa shape index (κ2) is 6.10. The Hall–Kier alpha value is -2.14. The Morgan fingerprint density at radius 1 is 1.33 bits per heavy atom. The SMILES string of the molecule is O=C(O)C1CCCCN1Cc1coc(-c2ccccc2)n1. The summed E-state index contributed by atoms with van der Waals surface area (Å²) in [4.78, 5) is 17.7. The van der Waals surface area contributed by atoms with Crippen molar-refractivity contribution in [1.29, 1.82) is 0 Å². The maximum Gasteiger partial charge on any atom is 0.320 e. The van der Waals surface area contributed by atoms with E-state index in [9.17, 15) is 9.90 Å². The van der Waals surface area contributed by atoms with Gasteiger partial charge in [0.15, 0.2) is 0 Å². The van der Waals surface area contributed by atoms with Crippen LogP contribution in [0.1, 0.15) is 25.0 Å². The molecule has 3 rings (SSSR count). The lowest BCUT2D eigenvalue weighted by Crippen LogP contribution is -2.44. The molecule has 1 fully saturated rings. The first-order chi connectivity index (χ1) is 10.2. The van der Waals surface area contributed by atoms with Gasteiger partial charge < -0.3 is 9.52 Å². The lowest BCUT2D eigenvalue weighted by Gasteiger charge is -2.31. The van der Waals surface area contributed by atoms with Crippen molar-refractivity contribution in [3.8, 4) is 11.5 Å². The molecule has 0 spiro atoms. The molecule has 1 N–H and O–H groups in total. The second-order valence-electron chi connectivity index (χ2n) is 5.33. The van der Waals surface area contributed by atoms with Crippen molar-refractivity contribution in [1.82, 2.24) is 9.88 Å². The predicted octanol–water partition coefficient (Wildman–Crippen LogP) is 2.78. The summed E-state index contributed by atoms with van der Waals surface area (Å²) in [7, 11) is 0. The van der Waals surface area contributed by atoms with Crippen LogP contribution in [0, 0.1) is 0 Å². The van der Waals surface area contributed by atoms with Crippen LogP contribution in [0.25, 0.3) is 11.5 Å². The Bertz CT molecular complexity index is 609. The first-order valence-electron chi connectivity index (χ1n) is 7.21. The highest BCUT2D eigenvalue weighted by atomic mass is 16.4. The molecular formula is C16H18N2O3. The van der Waals surface area contributed by atoms with Crippen LogP contribution in [0.2, 0.25) is 0 Å². The largest absolute Gasteiger partial charge is 0.480 e. The van der Waals surface area contributed by atoms with E-state index in [0.29, 0.717) is 18.9 Å². The standard InChI is InChI=1S/C16H18N2O3/c19-16(20)14-8-4-5-9-18(14)10-13-11-21-15(17-13)12-6-2-1-3-7-12/h1-3,6-7,11,14H,4-5,8-10H2,(H,19,20). The smallest absolute Gasteiger partial charge is 0.320 e. The number of carboxylic acid groups (broad SMARTS) is 1. The zero-order valence-electron chi connectivity index (χ0n) is 11.7. The van der Waals surface area contributed by atoms with Crippen LogP contribution in [0.15, 0.2) is 41.0 Å². The Morgan fingerprint density at radius 2 is 2.14 bits per heavy atom. The van der Waals surface area contributed by atoms with Gasteiger partial charge in [-0.25, -0.2) is 4.98 Å². The highest BCUT2D eigenvalue weighted by Crippen LogP contribution is 2.22. The predicted molar refractivity (Wildman–Crippen MR) is 77.6 cm³/mol. The number of rotatable bonds is 4. The van der Waals surface area contributed by atoms with Crippen molar-refractivity contribution >= 4 is 5.97 Å². The number of piperidine rings is 1. The van der Waals surface area contributed by atoms with E-state index >= 15 is 0 Å². The van der Waals surface area contributed by atoms with Gasteiger partial charge in [0.25, 0.3) is 0 Å². The van der Waals surface area contributed by atoms with Gasteiger partial charge in [0.05, 0.1) is 5.69 Å². The van der Waals surface area contributed by atoms with E-state index < -0.39 is 12.0 Å². The Kier molecular flexibility index (Phi) is 4.01. The molecule has 0 aliphatic carbocycles. The third-order valence-corrected chi connectivity index (χ3v) is 3.84. The second-order valence-corrected chi connectivity index (χ2v) is 5.33. The van der Waals surface area contributed by atoms with E-state index in [-0.39, 0.29) is 0 Å². The van der Waals surface area contributed by atoms with Gasteiger partial charge >= 0.3 is 5.97 Å². The van der Waals surface area contributed by atoms with Gasteiger partial charge in [-0.15, -0.1) is 0 Å². The number of likely N-dealkylation sites (tertiary alicyclic amines) is 1. The van der Waals surface area contributed by atoms with Crippen LogP contribution in [0.3, 0.4) is 0 Å². The summed E-state index contributed by atoms with van der Waals surface area (Å²) in [5, 5.41) is 9.28. The molecule has 1 aromatic heterocycles. The fourth-order valence-electron chi connectivity index (χ4n) is 2.76. The van der Waals surface area contributed by atoms with Gasteiger partial charge in [0, 0.05) is 12.1 Å². The fraction of sp³-hybridized carbons (Fsp3) is 0.375. The van der Waals surface area contributed by atoms with Crippen LogP contribution < -0.4 is 0 Å². The van der Waals surface area contributed by atoms with Crippen molar-refractivity contribution in [2.24, 2.45) is 0 Å². The maximum absolute atomic E-state index is 11.3. The monoisotopic (exact) mass is 286 g/mol. The average molecular weight is 286 g/mol. The summed E-state index contributed by atoms with van der Waals surface area (Å²) >= 11 is 0. The quantitative estimate of drug-likeness (QED) is 0.936. The molecule has 110 valence electrons. The Morgan fingerprint density at radius 3 is 2.90 bits per heavy atom. The maximum atomic E-state index is 11.3. The summed E-state index contributed by atoms with van der Waals surface area (Å²) in [6.07, 6.45) is 4.34. The zero-order chi connectivity index (χ0) is 14.7. The van der Waals surface area contributed by atoms with E-state index in [1.165, 1.54) is 0 Å². The third-order valence-electron chi connectivity index (χ3n) is 3.84. The molecule has 1 aromatic carbocycles. The van der Waals surface area contributed by atoms with Crippen LogP contribution in [-0.2, 0) is 11.3 Å². The number of hydrogen-bond acceptors (Lipinski definition) is 4. The van der Waals surface area contributed by atoms with E-state index in [1.807, 2.05) is 35.2 Å². The molecule has 1 aliphatic heterocycles. The average Bonchev–Trinajstić information content (AvgIpc) is 2.97. The van der Waals surface area contributed by atoms with Crippen molar-refractivity contribution < 1.29 is 14.3 Å². The van der Waals surface area contributed by atoms with Gasteiger partial charge in [-0.3, -0.25) is 9.69 Å².